The fourth-order valence-electron chi connectivity index (χ4n) is 3.75. The van der Waals surface area contributed by atoms with Crippen molar-refractivity contribution in [3.05, 3.63) is 46.9 Å². The van der Waals surface area contributed by atoms with Crippen molar-refractivity contribution in [2.45, 2.75) is 32.8 Å². The number of imide groups is 1. The average Bonchev–Trinajstić information content (AvgIpc) is 3.34. The SMILES string of the molecule is CC(C)Oc1ccc2ccccc2c1/C=C1\SC(=O)N(CC(=O)N2CCCC2)C1=O. The second kappa shape index (κ2) is 8.52. The van der Waals surface area contributed by atoms with E-state index in [1.54, 1.807) is 11.0 Å². The molecule has 2 aromatic carbocycles. The van der Waals surface area contributed by atoms with Gasteiger partial charge in [-0.25, -0.2) is 0 Å². The molecule has 0 radical (unpaired) electrons. The lowest BCUT2D eigenvalue weighted by molar-refractivity contribution is -0.135. The van der Waals surface area contributed by atoms with Gasteiger partial charge in [-0.05, 0) is 61.4 Å². The quantitative estimate of drug-likeness (QED) is 0.670. The highest BCUT2D eigenvalue weighted by molar-refractivity contribution is 8.18. The van der Waals surface area contributed by atoms with Crippen LogP contribution in [0.15, 0.2) is 41.3 Å². The summed E-state index contributed by atoms with van der Waals surface area (Å²) in [4.78, 5) is 40.9. The smallest absolute Gasteiger partial charge is 0.294 e. The lowest BCUT2D eigenvalue weighted by atomic mass is 10.0. The molecule has 0 aromatic heterocycles. The number of amides is 3. The van der Waals surface area contributed by atoms with Crippen molar-refractivity contribution in [3.8, 4) is 5.75 Å². The third-order valence-corrected chi connectivity index (χ3v) is 6.10. The highest BCUT2D eigenvalue weighted by atomic mass is 32.2. The molecule has 3 amide bonds. The first-order chi connectivity index (χ1) is 14.4. The Morgan fingerprint density at radius 2 is 1.87 bits per heavy atom. The molecule has 0 spiro atoms. The van der Waals surface area contributed by atoms with Crippen LogP contribution in [-0.2, 0) is 9.59 Å². The summed E-state index contributed by atoms with van der Waals surface area (Å²) in [6, 6.07) is 11.7. The van der Waals surface area contributed by atoms with E-state index >= 15 is 0 Å². The van der Waals surface area contributed by atoms with Crippen molar-refractivity contribution in [2.75, 3.05) is 19.6 Å². The van der Waals surface area contributed by atoms with Gasteiger partial charge in [0.2, 0.25) is 5.91 Å². The molecule has 2 aliphatic rings. The lowest BCUT2D eigenvalue weighted by Gasteiger charge is -2.18. The maximum Gasteiger partial charge on any atom is 0.294 e. The van der Waals surface area contributed by atoms with Gasteiger partial charge in [0.25, 0.3) is 11.1 Å². The first-order valence-corrected chi connectivity index (χ1v) is 11.0. The van der Waals surface area contributed by atoms with E-state index in [-0.39, 0.29) is 18.6 Å². The summed E-state index contributed by atoms with van der Waals surface area (Å²) >= 11 is 0.870. The maximum absolute atomic E-state index is 12.9. The summed E-state index contributed by atoms with van der Waals surface area (Å²) < 4.78 is 5.96. The van der Waals surface area contributed by atoms with Crippen LogP contribution in [-0.4, -0.2) is 52.6 Å². The van der Waals surface area contributed by atoms with E-state index in [9.17, 15) is 14.4 Å². The molecule has 0 bridgehead atoms. The third kappa shape index (κ3) is 4.07. The van der Waals surface area contributed by atoms with Crippen LogP contribution in [0.3, 0.4) is 0 Å². The Bertz CT molecular complexity index is 1040. The number of hydrogen-bond acceptors (Lipinski definition) is 5. The number of rotatable bonds is 5. The summed E-state index contributed by atoms with van der Waals surface area (Å²) in [6.45, 7) is 5.06. The summed E-state index contributed by atoms with van der Waals surface area (Å²) in [5, 5.41) is 1.55. The van der Waals surface area contributed by atoms with E-state index in [4.69, 9.17) is 4.74 Å². The van der Waals surface area contributed by atoms with Crippen LogP contribution in [0, 0.1) is 0 Å². The highest BCUT2D eigenvalue weighted by Gasteiger charge is 2.37. The van der Waals surface area contributed by atoms with E-state index in [1.807, 2.05) is 50.2 Å². The molecule has 6 nitrogen and oxygen atoms in total. The summed E-state index contributed by atoms with van der Waals surface area (Å²) in [5.41, 5.74) is 0.762. The average molecular weight is 425 g/mol. The predicted octanol–water partition coefficient (Wildman–Crippen LogP) is 4.29. The molecule has 0 atom stereocenters. The van der Waals surface area contributed by atoms with Crippen molar-refractivity contribution in [2.24, 2.45) is 0 Å². The van der Waals surface area contributed by atoms with Gasteiger partial charge >= 0.3 is 0 Å². The molecule has 2 fully saturated rings. The Kier molecular flexibility index (Phi) is 5.81. The minimum Gasteiger partial charge on any atom is -0.490 e. The topological polar surface area (TPSA) is 66.9 Å². The Morgan fingerprint density at radius 3 is 2.60 bits per heavy atom. The third-order valence-electron chi connectivity index (χ3n) is 5.19. The van der Waals surface area contributed by atoms with Gasteiger partial charge in [0.1, 0.15) is 12.3 Å². The van der Waals surface area contributed by atoms with E-state index < -0.39 is 11.1 Å². The second-order valence-electron chi connectivity index (χ2n) is 7.72. The summed E-state index contributed by atoms with van der Waals surface area (Å²) in [6.07, 6.45) is 3.61. The largest absolute Gasteiger partial charge is 0.490 e. The van der Waals surface area contributed by atoms with Crippen LogP contribution in [0.5, 0.6) is 5.75 Å². The molecule has 4 rings (SSSR count). The van der Waals surface area contributed by atoms with Crippen LogP contribution in [0.25, 0.3) is 16.8 Å². The number of thioether (sulfide) groups is 1. The van der Waals surface area contributed by atoms with Gasteiger partial charge in [0.15, 0.2) is 0 Å². The number of hydrogen-bond donors (Lipinski definition) is 0. The van der Waals surface area contributed by atoms with Gasteiger partial charge in [-0.2, -0.15) is 0 Å². The van der Waals surface area contributed by atoms with Crippen molar-refractivity contribution < 1.29 is 19.1 Å². The van der Waals surface area contributed by atoms with Crippen LogP contribution in [0.2, 0.25) is 0 Å². The Labute approximate surface area is 179 Å². The number of nitrogens with zero attached hydrogens (tertiary/aromatic N) is 2. The van der Waals surface area contributed by atoms with Gasteiger partial charge in [0, 0.05) is 18.7 Å². The maximum atomic E-state index is 12.9. The standard InChI is InChI=1S/C23H24N2O4S/c1-15(2)29-19-10-9-16-7-3-4-8-17(16)18(19)13-20-22(27)25(23(28)30-20)14-21(26)24-11-5-6-12-24/h3-4,7-10,13,15H,5-6,11-12,14H2,1-2H3/b20-13-. The van der Waals surface area contributed by atoms with Gasteiger partial charge in [-0.1, -0.05) is 30.3 Å². The van der Waals surface area contributed by atoms with Crippen molar-refractivity contribution >= 4 is 45.7 Å². The molecule has 2 aromatic rings. The minimum absolute atomic E-state index is 0.0357. The molecule has 30 heavy (non-hydrogen) atoms. The van der Waals surface area contributed by atoms with Gasteiger partial charge < -0.3 is 9.64 Å². The van der Waals surface area contributed by atoms with Crippen LogP contribution in [0.4, 0.5) is 4.79 Å². The molecule has 2 aliphatic heterocycles. The molecule has 0 aliphatic carbocycles. The summed E-state index contributed by atoms with van der Waals surface area (Å²) in [7, 11) is 0. The first kappa shape index (κ1) is 20.5. The lowest BCUT2D eigenvalue weighted by Crippen LogP contribution is -2.40. The number of fused-ring (bicyclic) bond motifs is 1. The van der Waals surface area contributed by atoms with E-state index in [0.29, 0.717) is 23.7 Å². The minimum atomic E-state index is -0.430. The van der Waals surface area contributed by atoms with Gasteiger partial charge in [-0.15, -0.1) is 0 Å². The fraction of sp³-hybridized carbons (Fsp3) is 0.348. The number of ether oxygens (including phenoxy) is 1. The number of likely N-dealkylation sites (tertiary alicyclic amines) is 1. The van der Waals surface area contributed by atoms with Crippen molar-refractivity contribution in [1.29, 1.82) is 0 Å². The molecule has 7 heteroatoms. The zero-order valence-electron chi connectivity index (χ0n) is 17.1. The molecule has 2 saturated heterocycles. The van der Waals surface area contributed by atoms with Gasteiger partial charge in [0.05, 0.1) is 11.0 Å². The highest BCUT2D eigenvalue weighted by Crippen LogP contribution is 2.37. The summed E-state index contributed by atoms with van der Waals surface area (Å²) in [5.74, 6) is 0.0506. The van der Waals surface area contributed by atoms with E-state index in [0.717, 1.165) is 45.8 Å². The molecule has 0 saturated carbocycles. The molecule has 156 valence electrons. The Hall–Kier alpha value is -2.80. The molecule has 0 N–H and O–H groups in total. The number of carbonyl (C=O) groups is 3. The monoisotopic (exact) mass is 424 g/mol. The number of benzene rings is 2. The van der Waals surface area contributed by atoms with E-state index in [1.165, 1.54) is 0 Å². The molecular weight excluding hydrogens is 400 g/mol. The van der Waals surface area contributed by atoms with E-state index in [2.05, 4.69) is 0 Å². The van der Waals surface area contributed by atoms with Crippen LogP contribution >= 0.6 is 11.8 Å². The zero-order chi connectivity index (χ0) is 21.3. The Balaban J connectivity index is 1.66. The van der Waals surface area contributed by atoms with Crippen molar-refractivity contribution in [1.82, 2.24) is 9.80 Å². The second-order valence-corrected chi connectivity index (χ2v) is 8.71. The Morgan fingerprint density at radius 1 is 1.13 bits per heavy atom. The first-order valence-electron chi connectivity index (χ1n) is 10.2. The van der Waals surface area contributed by atoms with Crippen molar-refractivity contribution in [3.63, 3.8) is 0 Å². The zero-order valence-corrected chi connectivity index (χ0v) is 17.9. The normalized spacial score (nSPS) is 18.3. The van der Waals surface area contributed by atoms with Crippen LogP contribution < -0.4 is 4.74 Å². The molecule has 2 heterocycles. The number of carbonyl (C=O) groups excluding carboxylic acids is 3. The fourth-order valence-corrected chi connectivity index (χ4v) is 4.57. The predicted molar refractivity (Wildman–Crippen MR) is 118 cm³/mol. The van der Waals surface area contributed by atoms with Crippen LogP contribution in [0.1, 0.15) is 32.3 Å². The molecule has 0 unspecified atom stereocenters. The van der Waals surface area contributed by atoms with Gasteiger partial charge in [-0.3, -0.25) is 19.3 Å². The molecular formula is C23H24N2O4S.